The number of ether oxygens (including phenoxy) is 1. The van der Waals surface area contributed by atoms with E-state index >= 15 is 0 Å². The molecule has 0 aliphatic rings. The lowest BCUT2D eigenvalue weighted by atomic mass is 10.1. The van der Waals surface area contributed by atoms with E-state index in [0.717, 1.165) is 16.8 Å². The third kappa shape index (κ3) is 4.75. The summed E-state index contributed by atoms with van der Waals surface area (Å²) in [4.78, 5) is 10.2. The van der Waals surface area contributed by atoms with Crippen LogP contribution < -0.4 is 5.32 Å². The maximum atomic E-state index is 10.2. The van der Waals surface area contributed by atoms with Crippen molar-refractivity contribution in [2.75, 3.05) is 5.32 Å². The van der Waals surface area contributed by atoms with Crippen LogP contribution in [0, 0.1) is 0 Å². The molecule has 0 spiro atoms. The van der Waals surface area contributed by atoms with E-state index in [4.69, 9.17) is 27.7 Å². The maximum absolute atomic E-state index is 10.2. The zero-order chi connectivity index (χ0) is 17.6. The number of hydrogen-bond acceptors (Lipinski definition) is 5. The number of nitrogens with one attached hydrogen (secondary N) is 1. The quantitative estimate of drug-likeness (QED) is 0.592. The lowest BCUT2D eigenvalue weighted by molar-refractivity contribution is -0.130. The van der Waals surface area contributed by atoms with E-state index in [1.165, 1.54) is 0 Å². The SMILES string of the molecule is O=COCc1cc(-c2ccc(NCc3cc(Cl)cc(Cl)c3)cc2)no1. The fourth-order valence-electron chi connectivity index (χ4n) is 2.31. The van der Waals surface area contributed by atoms with Crippen molar-refractivity contribution in [3.63, 3.8) is 0 Å². The molecule has 1 aromatic heterocycles. The van der Waals surface area contributed by atoms with Crippen LogP contribution in [0.1, 0.15) is 11.3 Å². The number of anilines is 1. The summed E-state index contributed by atoms with van der Waals surface area (Å²) in [7, 11) is 0. The Bertz CT molecular complexity index is 843. The number of rotatable bonds is 7. The van der Waals surface area contributed by atoms with E-state index in [1.54, 1.807) is 12.1 Å². The van der Waals surface area contributed by atoms with Gasteiger partial charge in [0.05, 0.1) is 0 Å². The number of aromatic nitrogens is 1. The summed E-state index contributed by atoms with van der Waals surface area (Å²) in [6.45, 7) is 1.05. The summed E-state index contributed by atoms with van der Waals surface area (Å²) < 4.78 is 9.74. The molecule has 0 aliphatic carbocycles. The second-order valence-electron chi connectivity index (χ2n) is 5.29. The molecule has 25 heavy (non-hydrogen) atoms. The number of halogens is 2. The number of carbonyl (C=O) groups excluding carboxylic acids is 1. The van der Waals surface area contributed by atoms with Crippen molar-refractivity contribution < 1.29 is 14.1 Å². The van der Waals surface area contributed by atoms with Crippen LogP contribution in [0.4, 0.5) is 5.69 Å². The molecular formula is C18H14Cl2N2O3. The van der Waals surface area contributed by atoms with Crippen molar-refractivity contribution in [2.24, 2.45) is 0 Å². The van der Waals surface area contributed by atoms with E-state index in [-0.39, 0.29) is 6.61 Å². The molecule has 0 radical (unpaired) electrons. The molecular weight excluding hydrogens is 363 g/mol. The summed E-state index contributed by atoms with van der Waals surface area (Å²) in [6, 6.07) is 14.9. The van der Waals surface area contributed by atoms with Gasteiger partial charge in [-0.3, -0.25) is 4.79 Å². The molecule has 0 aliphatic heterocycles. The smallest absolute Gasteiger partial charge is 0.293 e. The van der Waals surface area contributed by atoms with Gasteiger partial charge in [0.25, 0.3) is 6.47 Å². The van der Waals surface area contributed by atoms with Gasteiger partial charge in [-0.25, -0.2) is 0 Å². The maximum Gasteiger partial charge on any atom is 0.293 e. The predicted octanol–water partition coefficient (Wildman–Crippen LogP) is 4.93. The highest BCUT2D eigenvalue weighted by atomic mass is 35.5. The average Bonchev–Trinajstić information content (AvgIpc) is 3.07. The first-order valence-electron chi connectivity index (χ1n) is 7.44. The lowest BCUT2D eigenvalue weighted by Gasteiger charge is -2.08. The van der Waals surface area contributed by atoms with Gasteiger partial charge in [0.2, 0.25) is 0 Å². The first-order chi connectivity index (χ1) is 12.1. The number of benzene rings is 2. The molecule has 0 fully saturated rings. The molecule has 3 rings (SSSR count). The van der Waals surface area contributed by atoms with Crippen LogP contribution in [0.25, 0.3) is 11.3 Å². The molecule has 0 saturated heterocycles. The van der Waals surface area contributed by atoms with Crippen LogP contribution in [0.5, 0.6) is 0 Å². The van der Waals surface area contributed by atoms with Crippen LogP contribution in [-0.4, -0.2) is 11.6 Å². The Labute approximate surface area is 154 Å². The number of hydrogen-bond donors (Lipinski definition) is 1. The fraction of sp³-hybridized carbons (Fsp3) is 0.111. The van der Waals surface area contributed by atoms with E-state index in [2.05, 4.69) is 15.2 Å². The second kappa shape index (κ2) is 8.05. The Morgan fingerprint density at radius 3 is 2.48 bits per heavy atom. The molecule has 0 unspecified atom stereocenters. The summed E-state index contributed by atoms with van der Waals surface area (Å²) in [5, 5.41) is 8.49. The van der Waals surface area contributed by atoms with Gasteiger partial charge in [-0.2, -0.15) is 0 Å². The molecule has 3 aromatic rings. The minimum absolute atomic E-state index is 0.0678. The third-order valence-electron chi connectivity index (χ3n) is 3.45. The van der Waals surface area contributed by atoms with Crippen molar-refractivity contribution >= 4 is 35.4 Å². The average molecular weight is 377 g/mol. The summed E-state index contributed by atoms with van der Waals surface area (Å²) in [6.07, 6.45) is 0. The molecule has 0 bridgehead atoms. The normalized spacial score (nSPS) is 10.5. The van der Waals surface area contributed by atoms with E-state index < -0.39 is 0 Å². The van der Waals surface area contributed by atoms with Crippen LogP contribution in [-0.2, 0) is 22.7 Å². The van der Waals surface area contributed by atoms with E-state index in [1.807, 2.05) is 36.4 Å². The summed E-state index contributed by atoms with van der Waals surface area (Å²) in [5.74, 6) is 0.488. The minimum atomic E-state index is 0.0678. The first kappa shape index (κ1) is 17.3. The van der Waals surface area contributed by atoms with Crippen molar-refractivity contribution in [1.29, 1.82) is 0 Å². The zero-order valence-electron chi connectivity index (χ0n) is 13.0. The highest BCUT2D eigenvalue weighted by Gasteiger charge is 2.07. The molecule has 1 N–H and O–H groups in total. The van der Waals surface area contributed by atoms with Gasteiger partial charge < -0.3 is 14.6 Å². The van der Waals surface area contributed by atoms with Gasteiger partial charge >= 0.3 is 0 Å². The Balaban J connectivity index is 1.63. The van der Waals surface area contributed by atoms with Gasteiger partial charge in [-0.1, -0.05) is 40.5 Å². The molecule has 7 heteroatoms. The van der Waals surface area contributed by atoms with Crippen LogP contribution in [0.2, 0.25) is 10.0 Å². The Morgan fingerprint density at radius 2 is 1.80 bits per heavy atom. The molecule has 2 aromatic carbocycles. The minimum Gasteiger partial charge on any atom is -0.460 e. The lowest BCUT2D eigenvalue weighted by Crippen LogP contribution is -1.99. The van der Waals surface area contributed by atoms with Crippen molar-refractivity contribution in [1.82, 2.24) is 5.16 Å². The van der Waals surface area contributed by atoms with Gasteiger partial charge in [0.1, 0.15) is 5.69 Å². The fourth-order valence-corrected chi connectivity index (χ4v) is 2.88. The number of nitrogens with zero attached hydrogens (tertiary/aromatic N) is 1. The van der Waals surface area contributed by atoms with Crippen LogP contribution >= 0.6 is 23.2 Å². The topological polar surface area (TPSA) is 64.4 Å². The molecule has 128 valence electrons. The standard InChI is InChI=1S/C18H14Cl2N2O3/c19-14-5-12(6-15(20)7-14)9-21-16-3-1-13(2-4-16)18-8-17(25-22-18)10-24-11-23/h1-8,11,21H,9-10H2. The second-order valence-corrected chi connectivity index (χ2v) is 6.17. The molecule has 0 amide bonds. The van der Waals surface area contributed by atoms with Gasteiger partial charge in [0.15, 0.2) is 12.4 Å². The first-order valence-corrected chi connectivity index (χ1v) is 8.20. The van der Waals surface area contributed by atoms with Crippen molar-refractivity contribution in [3.05, 3.63) is 69.9 Å². The predicted molar refractivity (Wildman–Crippen MR) is 96.6 cm³/mol. The molecule has 0 saturated carbocycles. The molecule has 5 nitrogen and oxygen atoms in total. The van der Waals surface area contributed by atoms with Crippen molar-refractivity contribution in [3.8, 4) is 11.3 Å². The van der Waals surface area contributed by atoms with E-state index in [9.17, 15) is 4.79 Å². The highest BCUT2D eigenvalue weighted by Crippen LogP contribution is 2.23. The van der Waals surface area contributed by atoms with Crippen LogP contribution in [0.15, 0.2) is 53.1 Å². The Hall–Kier alpha value is -2.50. The largest absolute Gasteiger partial charge is 0.460 e. The molecule has 0 atom stereocenters. The summed E-state index contributed by atoms with van der Waals surface area (Å²) >= 11 is 12.0. The zero-order valence-corrected chi connectivity index (χ0v) is 14.6. The Kier molecular flexibility index (Phi) is 5.58. The summed E-state index contributed by atoms with van der Waals surface area (Å²) in [5.41, 5.74) is 3.53. The van der Waals surface area contributed by atoms with Crippen LogP contribution in [0.3, 0.4) is 0 Å². The van der Waals surface area contributed by atoms with Crippen molar-refractivity contribution in [2.45, 2.75) is 13.2 Å². The molecule has 1 heterocycles. The highest BCUT2D eigenvalue weighted by molar-refractivity contribution is 6.34. The Morgan fingerprint density at radius 1 is 1.08 bits per heavy atom. The van der Waals surface area contributed by atoms with Gasteiger partial charge in [-0.15, -0.1) is 0 Å². The third-order valence-corrected chi connectivity index (χ3v) is 3.89. The van der Waals surface area contributed by atoms with Gasteiger partial charge in [-0.05, 0) is 35.9 Å². The van der Waals surface area contributed by atoms with E-state index in [0.29, 0.717) is 34.5 Å². The van der Waals surface area contributed by atoms with Gasteiger partial charge in [0, 0.05) is 33.9 Å². The number of carbonyl (C=O) groups is 1. The monoisotopic (exact) mass is 376 g/mol.